The van der Waals surface area contributed by atoms with E-state index in [0.29, 0.717) is 6.61 Å². The fourth-order valence-corrected chi connectivity index (χ4v) is 0.764. The molecule has 0 amide bonds. The Labute approximate surface area is 77.9 Å². The van der Waals surface area contributed by atoms with Crippen molar-refractivity contribution in [3.63, 3.8) is 0 Å². The molecule has 0 rings (SSSR count). The minimum Gasteiger partial charge on any atom is -0.486 e. The first-order valence-electron chi connectivity index (χ1n) is 3.19. The molecule has 0 aromatic heterocycles. The summed E-state index contributed by atoms with van der Waals surface area (Å²) in [6.07, 6.45) is -0.105. The number of thiocarbonyl (C=S) groups is 2. The zero-order chi connectivity index (χ0) is 8.69. The lowest BCUT2D eigenvalue weighted by molar-refractivity contribution is 0.0986. The molecule has 2 unspecified atom stereocenters. The second-order valence-corrected chi connectivity index (χ2v) is 2.56. The Morgan fingerprint density at radius 2 is 2.09 bits per heavy atom. The van der Waals surface area contributed by atoms with Gasteiger partial charge < -0.3 is 9.47 Å². The molecule has 11 heavy (non-hydrogen) atoms. The van der Waals surface area contributed by atoms with Crippen LogP contribution < -0.4 is 0 Å². The van der Waals surface area contributed by atoms with Crippen molar-refractivity contribution >= 4 is 35.5 Å². The van der Waals surface area contributed by atoms with Crippen molar-refractivity contribution in [3.8, 4) is 0 Å². The van der Waals surface area contributed by atoms with Gasteiger partial charge in [-0.2, -0.15) is 0 Å². The van der Waals surface area contributed by atoms with Crippen LogP contribution in [-0.2, 0) is 9.47 Å². The van der Waals surface area contributed by atoms with Gasteiger partial charge in [0, 0.05) is 0 Å². The molecular weight excluding hydrogens is 180 g/mol. The maximum atomic E-state index is 5.04. The lowest BCUT2D eigenvalue weighted by Gasteiger charge is -2.18. The summed E-state index contributed by atoms with van der Waals surface area (Å²) in [7, 11) is 0. The Bertz CT molecular complexity index is 126. The molecule has 63 valence electrons. The highest BCUT2D eigenvalue weighted by molar-refractivity contribution is 7.78. The molecule has 0 spiro atoms. The maximum absolute atomic E-state index is 5.04. The van der Waals surface area contributed by atoms with Crippen LogP contribution in [0.1, 0.15) is 6.92 Å². The molecule has 0 aromatic carbocycles. The molecule has 0 fully saturated rings. The summed E-state index contributed by atoms with van der Waals surface area (Å²) in [6, 6.07) is 0. The number of ether oxygens (including phenoxy) is 2. The Morgan fingerprint density at radius 1 is 1.45 bits per heavy atom. The molecule has 0 bridgehead atoms. The van der Waals surface area contributed by atoms with E-state index in [9.17, 15) is 0 Å². The Kier molecular flexibility index (Phi) is 6.36. The predicted octanol–water partition coefficient (Wildman–Crippen LogP) is 1.77. The van der Waals surface area contributed by atoms with Crippen molar-refractivity contribution in [2.75, 3.05) is 6.61 Å². The topological polar surface area (TPSA) is 18.5 Å². The fourth-order valence-electron chi connectivity index (χ4n) is 0.543. The van der Waals surface area contributed by atoms with Crippen LogP contribution in [0, 0.1) is 12.8 Å². The molecule has 2 nitrogen and oxygen atoms in total. The van der Waals surface area contributed by atoms with Gasteiger partial charge in [-0.1, -0.05) is 6.92 Å². The molecule has 1 radical (unpaired) electrons. The Morgan fingerprint density at radius 3 is 2.45 bits per heavy atom. The molecule has 4 heteroatoms. The van der Waals surface area contributed by atoms with Crippen molar-refractivity contribution in [3.05, 3.63) is 6.92 Å². The molecule has 0 saturated carbocycles. The normalized spacial score (nSPS) is 12.3. The SMILES string of the molecule is [CH2]C(C)C(COC=S)OC=S. The summed E-state index contributed by atoms with van der Waals surface area (Å²) in [4.78, 5) is 0. The second kappa shape index (κ2) is 6.49. The van der Waals surface area contributed by atoms with E-state index >= 15 is 0 Å². The first-order valence-corrected chi connectivity index (χ1v) is 4.14. The molecule has 0 aliphatic rings. The largest absolute Gasteiger partial charge is 0.486 e. The summed E-state index contributed by atoms with van der Waals surface area (Å²) in [5.74, 6) is 0.129. The molecule has 2 atom stereocenters. The van der Waals surface area contributed by atoms with Crippen LogP contribution in [0.5, 0.6) is 0 Å². The molecule has 0 heterocycles. The van der Waals surface area contributed by atoms with Gasteiger partial charge in [0.1, 0.15) is 23.8 Å². The van der Waals surface area contributed by atoms with E-state index < -0.39 is 0 Å². The lowest BCUT2D eigenvalue weighted by atomic mass is 10.1. The third-order valence-corrected chi connectivity index (χ3v) is 1.44. The van der Waals surface area contributed by atoms with E-state index in [1.807, 2.05) is 6.92 Å². The van der Waals surface area contributed by atoms with E-state index in [1.165, 1.54) is 11.1 Å². The van der Waals surface area contributed by atoms with Gasteiger partial charge in [-0.25, -0.2) is 0 Å². The van der Waals surface area contributed by atoms with Crippen LogP contribution in [0.15, 0.2) is 0 Å². The van der Waals surface area contributed by atoms with Gasteiger partial charge >= 0.3 is 0 Å². The molecule has 0 saturated heterocycles. The Balaban J connectivity index is 3.68. The lowest BCUT2D eigenvalue weighted by Crippen LogP contribution is -2.24. The van der Waals surface area contributed by atoms with Crippen molar-refractivity contribution in [2.45, 2.75) is 13.0 Å². The number of rotatable bonds is 6. The van der Waals surface area contributed by atoms with Gasteiger partial charge in [0.15, 0.2) is 0 Å². The van der Waals surface area contributed by atoms with Gasteiger partial charge in [0.2, 0.25) is 0 Å². The van der Waals surface area contributed by atoms with Crippen molar-refractivity contribution < 1.29 is 9.47 Å². The van der Waals surface area contributed by atoms with Gasteiger partial charge in [0.05, 0.1) is 0 Å². The molecule has 0 aliphatic carbocycles. The minimum absolute atomic E-state index is 0.105. The van der Waals surface area contributed by atoms with Gasteiger partial charge in [-0.05, 0) is 37.3 Å². The smallest absolute Gasteiger partial charge is 0.146 e. The summed E-state index contributed by atoms with van der Waals surface area (Å²) in [6.45, 7) is 6.12. The van der Waals surface area contributed by atoms with Crippen molar-refractivity contribution in [1.82, 2.24) is 0 Å². The average Bonchev–Trinajstić information content (AvgIpc) is 1.97. The van der Waals surface area contributed by atoms with Gasteiger partial charge in [-0.3, -0.25) is 0 Å². The van der Waals surface area contributed by atoms with Crippen LogP contribution >= 0.6 is 24.4 Å². The first kappa shape index (κ1) is 10.8. The van der Waals surface area contributed by atoms with Gasteiger partial charge in [-0.15, -0.1) is 0 Å². The fraction of sp³-hybridized carbons (Fsp3) is 0.571. The van der Waals surface area contributed by atoms with Crippen LogP contribution in [0.25, 0.3) is 0 Å². The summed E-state index contributed by atoms with van der Waals surface area (Å²) in [5, 5.41) is 0. The molecule has 0 aromatic rings. The number of hydrogen-bond acceptors (Lipinski definition) is 4. The van der Waals surface area contributed by atoms with E-state index in [0.717, 1.165) is 0 Å². The maximum Gasteiger partial charge on any atom is 0.146 e. The third-order valence-electron chi connectivity index (χ3n) is 1.19. The third kappa shape index (κ3) is 5.09. The highest BCUT2D eigenvalue weighted by Gasteiger charge is 2.13. The standard InChI is InChI=1S/C7H11O2S2/c1-6(2)7(9-5-11)3-8-4-10/h4-7H,1,3H2,2H3. The number of hydrogen-bond donors (Lipinski definition) is 0. The first-order chi connectivity index (χ1) is 5.22. The zero-order valence-corrected chi connectivity index (χ0v) is 7.99. The summed E-state index contributed by atoms with van der Waals surface area (Å²) >= 11 is 9.01. The van der Waals surface area contributed by atoms with Crippen molar-refractivity contribution in [1.29, 1.82) is 0 Å². The predicted molar refractivity (Wildman–Crippen MR) is 52.7 cm³/mol. The van der Waals surface area contributed by atoms with E-state index in [-0.39, 0.29) is 12.0 Å². The average molecular weight is 191 g/mol. The quantitative estimate of drug-likeness (QED) is 0.595. The molecule has 0 aliphatic heterocycles. The van der Waals surface area contributed by atoms with Gasteiger partial charge in [0.25, 0.3) is 0 Å². The highest BCUT2D eigenvalue weighted by atomic mass is 32.1. The second-order valence-electron chi connectivity index (χ2n) is 2.18. The van der Waals surface area contributed by atoms with E-state index in [2.05, 4.69) is 31.4 Å². The van der Waals surface area contributed by atoms with Crippen LogP contribution in [0.2, 0.25) is 0 Å². The zero-order valence-electron chi connectivity index (χ0n) is 6.36. The van der Waals surface area contributed by atoms with Crippen LogP contribution in [0.4, 0.5) is 0 Å². The van der Waals surface area contributed by atoms with E-state index in [4.69, 9.17) is 9.47 Å². The van der Waals surface area contributed by atoms with Crippen LogP contribution in [-0.4, -0.2) is 23.8 Å². The monoisotopic (exact) mass is 191 g/mol. The summed E-state index contributed by atoms with van der Waals surface area (Å²) < 4.78 is 9.91. The van der Waals surface area contributed by atoms with E-state index in [1.54, 1.807) is 0 Å². The highest BCUT2D eigenvalue weighted by Crippen LogP contribution is 2.04. The summed E-state index contributed by atoms with van der Waals surface area (Å²) in [5.41, 5.74) is 2.43. The minimum atomic E-state index is -0.105. The molecular formula is C7H11O2S2. The molecule has 0 N–H and O–H groups in total. The van der Waals surface area contributed by atoms with Crippen molar-refractivity contribution in [2.24, 2.45) is 5.92 Å². The van der Waals surface area contributed by atoms with Crippen LogP contribution in [0.3, 0.4) is 0 Å². The Hall–Kier alpha value is -0.220.